The van der Waals surface area contributed by atoms with Gasteiger partial charge in [0.15, 0.2) is 0 Å². The number of carboxylic acid groups (broad SMARTS) is 1. The van der Waals surface area contributed by atoms with Crippen molar-refractivity contribution >= 4 is 5.97 Å². The summed E-state index contributed by atoms with van der Waals surface area (Å²) in [5.74, 6) is 1.32. The van der Waals surface area contributed by atoms with E-state index < -0.39 is 11.4 Å². The van der Waals surface area contributed by atoms with Gasteiger partial charge in [-0.15, -0.1) is 0 Å². The SMILES string of the molecule is C=C1C[C@@]23CC[C@H]4[C@@](C)(CCC[C@@]4(C)C(=O)O)[C@@H]2CC[C@@H]1C3. The molecule has 6 atom stereocenters. The average Bonchev–Trinajstić information content (AvgIpc) is 2.68. The molecule has 0 unspecified atom stereocenters. The maximum atomic E-state index is 12.0. The summed E-state index contributed by atoms with van der Waals surface area (Å²) in [5.41, 5.74) is 1.71. The number of allylic oxidation sites excluding steroid dienone is 1. The lowest BCUT2D eigenvalue weighted by molar-refractivity contribution is -0.181. The fourth-order valence-electron chi connectivity index (χ4n) is 7.61. The smallest absolute Gasteiger partial charge is 0.309 e. The third kappa shape index (κ3) is 1.65. The molecule has 0 aromatic rings. The number of hydrogen-bond donors (Lipinski definition) is 1. The highest BCUT2D eigenvalue weighted by Gasteiger charge is 2.64. The van der Waals surface area contributed by atoms with Gasteiger partial charge in [-0.3, -0.25) is 4.79 Å². The summed E-state index contributed by atoms with van der Waals surface area (Å²) in [7, 11) is 0. The van der Waals surface area contributed by atoms with E-state index in [2.05, 4.69) is 13.5 Å². The van der Waals surface area contributed by atoms with Crippen molar-refractivity contribution in [3.05, 3.63) is 12.2 Å². The van der Waals surface area contributed by atoms with Crippen molar-refractivity contribution in [1.82, 2.24) is 0 Å². The van der Waals surface area contributed by atoms with Gasteiger partial charge in [0.25, 0.3) is 0 Å². The zero-order valence-electron chi connectivity index (χ0n) is 14.2. The Kier molecular flexibility index (Phi) is 2.95. The quantitative estimate of drug-likeness (QED) is 0.689. The Hall–Kier alpha value is -0.790. The van der Waals surface area contributed by atoms with Crippen molar-refractivity contribution in [2.45, 2.75) is 71.6 Å². The third-order valence-electron chi connectivity index (χ3n) is 8.54. The van der Waals surface area contributed by atoms with Crippen LogP contribution >= 0.6 is 0 Å². The predicted molar refractivity (Wildman–Crippen MR) is 87.4 cm³/mol. The molecule has 22 heavy (non-hydrogen) atoms. The summed E-state index contributed by atoms with van der Waals surface area (Å²) >= 11 is 0. The molecule has 4 saturated carbocycles. The van der Waals surface area contributed by atoms with Gasteiger partial charge in [0.1, 0.15) is 0 Å². The van der Waals surface area contributed by atoms with Crippen LogP contribution in [-0.2, 0) is 4.79 Å². The molecule has 1 spiro atoms. The summed E-state index contributed by atoms with van der Waals surface area (Å²) in [4.78, 5) is 12.0. The molecule has 0 radical (unpaired) electrons. The third-order valence-corrected chi connectivity index (χ3v) is 8.54. The summed E-state index contributed by atoms with van der Waals surface area (Å²) in [6, 6.07) is 0. The summed E-state index contributed by atoms with van der Waals surface area (Å²) in [6.07, 6.45) is 10.8. The Morgan fingerprint density at radius 2 is 1.91 bits per heavy atom. The fourth-order valence-corrected chi connectivity index (χ4v) is 7.61. The monoisotopic (exact) mass is 302 g/mol. The number of aliphatic carboxylic acids is 1. The van der Waals surface area contributed by atoms with Crippen molar-refractivity contribution in [3.63, 3.8) is 0 Å². The summed E-state index contributed by atoms with van der Waals surface area (Å²) < 4.78 is 0. The lowest BCUT2D eigenvalue weighted by Crippen LogP contribution is -2.58. The predicted octanol–water partition coefficient (Wildman–Crippen LogP) is 5.04. The van der Waals surface area contributed by atoms with Crippen LogP contribution in [0.25, 0.3) is 0 Å². The molecule has 0 aromatic heterocycles. The first-order valence-corrected chi connectivity index (χ1v) is 9.23. The van der Waals surface area contributed by atoms with Crippen molar-refractivity contribution in [3.8, 4) is 0 Å². The number of hydrogen-bond acceptors (Lipinski definition) is 1. The summed E-state index contributed by atoms with van der Waals surface area (Å²) in [6.45, 7) is 8.86. The molecule has 0 saturated heterocycles. The van der Waals surface area contributed by atoms with E-state index in [0.717, 1.165) is 31.1 Å². The number of rotatable bonds is 1. The minimum Gasteiger partial charge on any atom is -0.481 e. The van der Waals surface area contributed by atoms with Gasteiger partial charge in [0.2, 0.25) is 0 Å². The molecule has 2 nitrogen and oxygen atoms in total. The Labute approximate surface area is 134 Å². The molecule has 4 aliphatic carbocycles. The van der Waals surface area contributed by atoms with Crippen molar-refractivity contribution in [1.29, 1.82) is 0 Å². The van der Waals surface area contributed by atoms with Crippen molar-refractivity contribution in [2.24, 2.45) is 34.0 Å². The molecule has 0 heterocycles. The molecule has 0 aromatic carbocycles. The molecule has 4 fully saturated rings. The molecule has 2 heteroatoms. The summed E-state index contributed by atoms with van der Waals surface area (Å²) in [5, 5.41) is 9.90. The lowest BCUT2D eigenvalue weighted by Gasteiger charge is -2.63. The van der Waals surface area contributed by atoms with Crippen LogP contribution in [0.3, 0.4) is 0 Å². The highest BCUT2D eigenvalue weighted by Crippen LogP contribution is 2.72. The second-order valence-corrected chi connectivity index (χ2v) is 9.40. The topological polar surface area (TPSA) is 37.3 Å². The van der Waals surface area contributed by atoms with Gasteiger partial charge < -0.3 is 5.11 Å². The van der Waals surface area contributed by atoms with Crippen LogP contribution in [0, 0.1) is 34.0 Å². The van der Waals surface area contributed by atoms with E-state index in [-0.39, 0.29) is 5.41 Å². The van der Waals surface area contributed by atoms with E-state index in [1.807, 2.05) is 6.92 Å². The lowest BCUT2D eigenvalue weighted by atomic mass is 9.41. The number of carboxylic acids is 1. The standard InChI is InChI=1S/C20H30O2/c1-13-11-20-10-7-15-18(2,16(20)6-5-14(13)12-20)8-4-9-19(15,3)17(21)22/h14-16H,1,4-12H2,2-3H3,(H,21,22)/t14-,15+,16+,18-,19-,20-/m1/s1. The van der Waals surface area contributed by atoms with E-state index in [4.69, 9.17) is 0 Å². The molecular formula is C20H30O2. The molecule has 0 aliphatic heterocycles. The first-order chi connectivity index (χ1) is 10.3. The van der Waals surface area contributed by atoms with Crippen LogP contribution < -0.4 is 0 Å². The normalized spacial score (nSPS) is 53.7. The Balaban J connectivity index is 1.75. The Morgan fingerprint density at radius 1 is 1.14 bits per heavy atom. The van der Waals surface area contributed by atoms with E-state index in [1.165, 1.54) is 44.1 Å². The van der Waals surface area contributed by atoms with Crippen LogP contribution in [0.5, 0.6) is 0 Å². The number of fused-ring (bicyclic) bond motifs is 3. The maximum absolute atomic E-state index is 12.0. The van der Waals surface area contributed by atoms with Crippen molar-refractivity contribution in [2.75, 3.05) is 0 Å². The first kappa shape index (κ1) is 14.8. The van der Waals surface area contributed by atoms with Crippen LogP contribution in [0.1, 0.15) is 71.6 Å². The van der Waals surface area contributed by atoms with Crippen LogP contribution in [-0.4, -0.2) is 11.1 Å². The van der Waals surface area contributed by atoms with E-state index in [0.29, 0.717) is 11.3 Å². The van der Waals surface area contributed by atoms with E-state index in [9.17, 15) is 9.90 Å². The minimum atomic E-state index is -0.552. The minimum absolute atomic E-state index is 0.235. The maximum Gasteiger partial charge on any atom is 0.309 e. The fraction of sp³-hybridized carbons (Fsp3) is 0.850. The molecule has 1 N–H and O–H groups in total. The first-order valence-electron chi connectivity index (χ1n) is 9.23. The number of carbonyl (C=O) groups is 1. The Morgan fingerprint density at radius 3 is 2.64 bits per heavy atom. The van der Waals surface area contributed by atoms with E-state index >= 15 is 0 Å². The molecule has 122 valence electrons. The molecule has 4 aliphatic rings. The van der Waals surface area contributed by atoms with Crippen LogP contribution in [0.4, 0.5) is 0 Å². The highest BCUT2D eigenvalue weighted by atomic mass is 16.4. The molecule has 2 bridgehead atoms. The molecular weight excluding hydrogens is 272 g/mol. The van der Waals surface area contributed by atoms with Crippen LogP contribution in [0.2, 0.25) is 0 Å². The second kappa shape index (κ2) is 4.39. The van der Waals surface area contributed by atoms with Crippen molar-refractivity contribution < 1.29 is 9.90 Å². The van der Waals surface area contributed by atoms with Gasteiger partial charge in [0.05, 0.1) is 5.41 Å². The van der Waals surface area contributed by atoms with Gasteiger partial charge in [-0.2, -0.15) is 0 Å². The van der Waals surface area contributed by atoms with Gasteiger partial charge in [-0.1, -0.05) is 25.5 Å². The largest absolute Gasteiger partial charge is 0.481 e. The second-order valence-electron chi connectivity index (χ2n) is 9.40. The average molecular weight is 302 g/mol. The highest BCUT2D eigenvalue weighted by molar-refractivity contribution is 5.75. The van der Waals surface area contributed by atoms with Gasteiger partial charge in [-0.05, 0) is 86.9 Å². The zero-order valence-corrected chi connectivity index (χ0v) is 14.2. The van der Waals surface area contributed by atoms with E-state index in [1.54, 1.807) is 0 Å². The van der Waals surface area contributed by atoms with Gasteiger partial charge in [0, 0.05) is 0 Å². The van der Waals surface area contributed by atoms with Crippen LogP contribution in [0.15, 0.2) is 12.2 Å². The van der Waals surface area contributed by atoms with Gasteiger partial charge >= 0.3 is 5.97 Å². The zero-order chi connectivity index (χ0) is 15.8. The Bertz CT molecular complexity index is 538. The molecule has 4 rings (SSSR count). The molecule has 0 amide bonds. The van der Waals surface area contributed by atoms with Gasteiger partial charge in [-0.25, -0.2) is 0 Å².